The molecule has 4 unspecified atom stereocenters. The van der Waals surface area contributed by atoms with Gasteiger partial charge in [-0.1, -0.05) is 6.58 Å². The summed E-state index contributed by atoms with van der Waals surface area (Å²) in [6.07, 6.45) is -3.71. The summed E-state index contributed by atoms with van der Waals surface area (Å²) < 4.78 is 20.9. The number of fused-ring (bicyclic) bond motifs is 1. The Hall–Kier alpha value is -2.13. The largest absolute Gasteiger partial charge is 0.512 e. The third-order valence-corrected chi connectivity index (χ3v) is 3.17. The molecule has 0 saturated carbocycles. The van der Waals surface area contributed by atoms with Gasteiger partial charge in [0, 0.05) is 0 Å². The van der Waals surface area contributed by atoms with Crippen LogP contribution in [0.2, 0.25) is 0 Å². The lowest BCUT2D eigenvalue weighted by atomic mass is 10.1. The molecule has 2 aliphatic rings. The molecule has 2 rings (SSSR count). The van der Waals surface area contributed by atoms with Gasteiger partial charge >= 0.3 is 17.9 Å². The summed E-state index contributed by atoms with van der Waals surface area (Å²) in [7, 11) is 0. The van der Waals surface area contributed by atoms with Crippen molar-refractivity contribution in [1.29, 1.82) is 0 Å². The first kappa shape index (κ1) is 16.2. The summed E-state index contributed by atoms with van der Waals surface area (Å²) in [4.78, 5) is 33.2. The molecule has 2 fully saturated rings. The standard InChI is InChI=1S/C13H16O9/c1-6(14)2-10(17)21-7-4-19-13-8(5-20-12(7)13)22-11(18)3-9(15)16/h7-8,12-14H,1-5H2,(H,15,16). The number of carbonyl (C=O) groups is 3. The molecular formula is C13H16O9. The first-order valence-electron chi connectivity index (χ1n) is 6.57. The van der Waals surface area contributed by atoms with E-state index >= 15 is 0 Å². The van der Waals surface area contributed by atoms with Crippen LogP contribution in [0.4, 0.5) is 0 Å². The Labute approximate surface area is 125 Å². The number of aliphatic hydroxyl groups is 1. The highest BCUT2D eigenvalue weighted by atomic mass is 16.7. The maximum atomic E-state index is 11.5. The lowest BCUT2D eigenvalue weighted by molar-refractivity contribution is -0.158. The normalized spacial score (nSPS) is 29.6. The third-order valence-electron chi connectivity index (χ3n) is 3.17. The van der Waals surface area contributed by atoms with Crippen LogP contribution in [0.25, 0.3) is 0 Å². The van der Waals surface area contributed by atoms with Gasteiger partial charge < -0.3 is 29.2 Å². The Kier molecular flexibility index (Phi) is 4.99. The van der Waals surface area contributed by atoms with Crippen molar-refractivity contribution in [3.8, 4) is 0 Å². The maximum Gasteiger partial charge on any atom is 0.317 e. The van der Waals surface area contributed by atoms with Crippen LogP contribution in [-0.4, -0.2) is 65.8 Å². The van der Waals surface area contributed by atoms with E-state index in [2.05, 4.69) is 6.58 Å². The minimum absolute atomic E-state index is 0.0292. The molecule has 0 aromatic carbocycles. The topological polar surface area (TPSA) is 129 Å². The van der Waals surface area contributed by atoms with Gasteiger partial charge in [0.15, 0.2) is 12.2 Å². The maximum absolute atomic E-state index is 11.5. The van der Waals surface area contributed by atoms with E-state index in [1.54, 1.807) is 0 Å². The molecule has 0 radical (unpaired) electrons. The predicted octanol–water partition coefficient (Wildman–Crippen LogP) is -0.456. The molecule has 2 saturated heterocycles. The fourth-order valence-electron chi connectivity index (χ4n) is 2.34. The Balaban J connectivity index is 1.86. The van der Waals surface area contributed by atoms with Crippen LogP contribution in [0, 0.1) is 0 Å². The summed E-state index contributed by atoms with van der Waals surface area (Å²) >= 11 is 0. The molecule has 0 aromatic rings. The molecule has 9 heteroatoms. The lowest BCUT2D eigenvalue weighted by Gasteiger charge is -2.17. The number of ether oxygens (including phenoxy) is 4. The molecule has 0 spiro atoms. The van der Waals surface area contributed by atoms with Crippen molar-refractivity contribution in [3.05, 3.63) is 12.3 Å². The molecule has 0 bridgehead atoms. The number of aliphatic hydroxyl groups excluding tert-OH is 1. The minimum atomic E-state index is -1.29. The van der Waals surface area contributed by atoms with Crippen LogP contribution in [0.3, 0.4) is 0 Å². The number of esters is 2. The number of hydrogen-bond acceptors (Lipinski definition) is 8. The Morgan fingerprint density at radius 1 is 0.955 bits per heavy atom. The van der Waals surface area contributed by atoms with Crippen molar-refractivity contribution in [2.75, 3.05) is 13.2 Å². The van der Waals surface area contributed by atoms with E-state index in [4.69, 9.17) is 29.2 Å². The second-order valence-electron chi connectivity index (χ2n) is 4.97. The first-order chi connectivity index (χ1) is 10.4. The van der Waals surface area contributed by atoms with Gasteiger partial charge in [0.25, 0.3) is 0 Å². The van der Waals surface area contributed by atoms with E-state index in [0.29, 0.717) is 0 Å². The van der Waals surface area contributed by atoms with Crippen molar-refractivity contribution in [3.63, 3.8) is 0 Å². The molecule has 2 heterocycles. The number of hydrogen-bond donors (Lipinski definition) is 2. The molecule has 122 valence electrons. The van der Waals surface area contributed by atoms with Gasteiger partial charge in [-0.15, -0.1) is 0 Å². The Morgan fingerprint density at radius 3 is 1.82 bits per heavy atom. The average molecular weight is 316 g/mol. The summed E-state index contributed by atoms with van der Waals surface area (Å²) in [6, 6.07) is 0. The smallest absolute Gasteiger partial charge is 0.317 e. The van der Waals surface area contributed by atoms with E-state index in [0.717, 1.165) is 0 Å². The zero-order valence-electron chi connectivity index (χ0n) is 11.6. The van der Waals surface area contributed by atoms with Gasteiger partial charge in [-0.2, -0.15) is 0 Å². The quantitative estimate of drug-likeness (QED) is 0.380. The molecule has 2 aliphatic heterocycles. The van der Waals surface area contributed by atoms with E-state index in [-0.39, 0.29) is 25.4 Å². The van der Waals surface area contributed by atoms with Crippen LogP contribution in [0.5, 0.6) is 0 Å². The van der Waals surface area contributed by atoms with Gasteiger partial charge in [0.2, 0.25) is 0 Å². The summed E-state index contributed by atoms with van der Waals surface area (Å²) in [5.74, 6) is -3.16. The van der Waals surface area contributed by atoms with Crippen molar-refractivity contribution in [2.24, 2.45) is 0 Å². The SMILES string of the molecule is C=C(O)CC(=O)OC1COC2C(OC(=O)CC(=O)O)COC12. The first-order valence-corrected chi connectivity index (χ1v) is 6.57. The Bertz CT molecular complexity index is 442. The Morgan fingerprint density at radius 2 is 1.41 bits per heavy atom. The number of carboxylic acids is 1. The second kappa shape index (κ2) is 6.75. The summed E-state index contributed by atoms with van der Waals surface area (Å²) in [5.41, 5.74) is 0. The van der Waals surface area contributed by atoms with Gasteiger partial charge in [0.1, 0.15) is 25.0 Å². The molecule has 4 atom stereocenters. The number of aliphatic carboxylic acids is 1. The van der Waals surface area contributed by atoms with Crippen molar-refractivity contribution in [1.82, 2.24) is 0 Å². The van der Waals surface area contributed by atoms with Crippen molar-refractivity contribution in [2.45, 2.75) is 37.3 Å². The average Bonchev–Trinajstić information content (AvgIpc) is 2.92. The fourth-order valence-corrected chi connectivity index (χ4v) is 2.34. The van der Waals surface area contributed by atoms with Gasteiger partial charge in [-0.3, -0.25) is 14.4 Å². The molecule has 0 aromatic heterocycles. The zero-order chi connectivity index (χ0) is 16.3. The van der Waals surface area contributed by atoms with Gasteiger partial charge in [-0.25, -0.2) is 0 Å². The van der Waals surface area contributed by atoms with Crippen LogP contribution in [0.1, 0.15) is 12.8 Å². The zero-order valence-corrected chi connectivity index (χ0v) is 11.6. The van der Waals surface area contributed by atoms with Crippen LogP contribution < -0.4 is 0 Å². The van der Waals surface area contributed by atoms with Gasteiger partial charge in [0.05, 0.1) is 19.0 Å². The van der Waals surface area contributed by atoms with Crippen LogP contribution in [0.15, 0.2) is 12.3 Å². The highest BCUT2D eigenvalue weighted by Crippen LogP contribution is 2.31. The molecule has 0 amide bonds. The monoisotopic (exact) mass is 316 g/mol. The van der Waals surface area contributed by atoms with Crippen LogP contribution in [-0.2, 0) is 33.3 Å². The van der Waals surface area contributed by atoms with Gasteiger partial charge in [-0.05, 0) is 0 Å². The minimum Gasteiger partial charge on any atom is -0.512 e. The lowest BCUT2D eigenvalue weighted by Crippen LogP contribution is -2.36. The van der Waals surface area contributed by atoms with E-state index in [1.807, 2.05) is 0 Å². The van der Waals surface area contributed by atoms with E-state index < -0.39 is 48.7 Å². The summed E-state index contributed by atoms with van der Waals surface area (Å²) in [5, 5.41) is 17.4. The fraction of sp³-hybridized carbons (Fsp3) is 0.615. The van der Waals surface area contributed by atoms with Crippen LogP contribution >= 0.6 is 0 Å². The highest BCUT2D eigenvalue weighted by Gasteiger charge is 2.51. The molecule has 9 nitrogen and oxygen atoms in total. The second-order valence-corrected chi connectivity index (χ2v) is 4.97. The summed E-state index contributed by atoms with van der Waals surface area (Å²) in [6.45, 7) is 3.28. The number of rotatable bonds is 6. The molecule has 0 aliphatic carbocycles. The molecule has 22 heavy (non-hydrogen) atoms. The molecule has 2 N–H and O–H groups in total. The van der Waals surface area contributed by atoms with E-state index in [9.17, 15) is 14.4 Å². The highest BCUT2D eigenvalue weighted by molar-refractivity contribution is 5.90. The van der Waals surface area contributed by atoms with E-state index in [1.165, 1.54) is 0 Å². The van der Waals surface area contributed by atoms with Crippen molar-refractivity contribution < 1.29 is 43.5 Å². The third kappa shape index (κ3) is 3.95. The number of carbonyl (C=O) groups excluding carboxylic acids is 2. The van der Waals surface area contributed by atoms with Crippen molar-refractivity contribution >= 4 is 17.9 Å². The predicted molar refractivity (Wildman–Crippen MR) is 67.9 cm³/mol. The molecular weight excluding hydrogens is 300 g/mol. The number of carboxylic acid groups (broad SMARTS) is 1.